The van der Waals surface area contributed by atoms with Gasteiger partial charge in [-0.1, -0.05) is 0 Å². The third kappa shape index (κ3) is 5.11. The van der Waals surface area contributed by atoms with Crippen molar-refractivity contribution in [3.05, 3.63) is 44.1 Å². The minimum atomic E-state index is -4.92. The summed E-state index contributed by atoms with van der Waals surface area (Å²) in [6.07, 6.45) is -5.30. The van der Waals surface area contributed by atoms with Crippen molar-refractivity contribution < 1.29 is 34.5 Å². The summed E-state index contributed by atoms with van der Waals surface area (Å²) in [7, 11) is -4.92. The molecule has 0 bridgehead atoms. The Kier molecular flexibility index (Phi) is 6.51. The van der Waals surface area contributed by atoms with Gasteiger partial charge in [0.15, 0.2) is 0 Å². The fourth-order valence-corrected chi connectivity index (χ4v) is 3.48. The van der Waals surface area contributed by atoms with Gasteiger partial charge in [-0.15, -0.1) is 0 Å². The van der Waals surface area contributed by atoms with Crippen molar-refractivity contribution >= 4 is 19.2 Å². The molecule has 3 atom stereocenters. The molecule has 0 fully saturated rings. The summed E-state index contributed by atoms with van der Waals surface area (Å²) in [6.45, 7) is 2.40. The number of aliphatic hydroxyl groups excluding tert-OH is 3. The average Bonchev–Trinajstić information content (AvgIpc) is 2.67. The van der Waals surface area contributed by atoms with Gasteiger partial charge in [-0.3, -0.25) is 0 Å². The van der Waals surface area contributed by atoms with Gasteiger partial charge < -0.3 is 0 Å². The van der Waals surface area contributed by atoms with Gasteiger partial charge in [0.25, 0.3) is 0 Å². The van der Waals surface area contributed by atoms with Crippen molar-refractivity contribution in [2.45, 2.75) is 38.7 Å². The third-order valence-electron chi connectivity index (χ3n) is 4.83. The predicted molar refractivity (Wildman–Crippen MR) is 109 cm³/mol. The molecule has 2 aliphatic rings. The molecule has 0 aliphatic carbocycles. The van der Waals surface area contributed by atoms with E-state index in [0.29, 0.717) is 11.0 Å². The van der Waals surface area contributed by atoms with E-state index in [0.717, 1.165) is 11.1 Å². The number of aliphatic hydroxyl groups is 3. The number of aromatic nitrogens is 4. The Labute approximate surface area is 174 Å². The van der Waals surface area contributed by atoms with E-state index in [2.05, 4.69) is 14.5 Å². The van der Waals surface area contributed by atoms with Crippen LogP contribution in [-0.2, 0) is 11.1 Å². The van der Waals surface area contributed by atoms with E-state index in [1.54, 1.807) is 12.1 Å². The number of hydrogen-bond acceptors (Lipinski definition) is 11. The molecule has 1 aromatic carbocycles. The molecular formula is C17H23N4O9P. The van der Waals surface area contributed by atoms with E-state index < -0.39 is 50.9 Å². The van der Waals surface area contributed by atoms with Gasteiger partial charge in [-0.25, -0.2) is 0 Å². The van der Waals surface area contributed by atoms with Crippen LogP contribution < -0.4 is 11.2 Å². The van der Waals surface area contributed by atoms with Crippen LogP contribution in [0.5, 0.6) is 0 Å². The minimum absolute atomic E-state index is 0.131. The van der Waals surface area contributed by atoms with E-state index in [4.69, 9.17) is 14.7 Å². The molecule has 2 heterocycles. The summed E-state index contributed by atoms with van der Waals surface area (Å²) in [5, 5.41) is 30.6. The predicted octanol–water partition coefficient (Wildman–Crippen LogP) is -2.31. The Morgan fingerprint density at radius 1 is 1.06 bits per heavy atom. The Morgan fingerprint density at radius 2 is 1.71 bits per heavy atom. The number of H-pyrrole nitrogens is 1. The number of nitrogens with zero attached hydrogens (tertiary/aromatic N) is 3. The standard InChI is InChI=1S/C17H23N4O9P/c1-7-3-9-10(4-8(7)2)21(15-13(18-9)16(25)20-17(26)19-15)5-11(22)14(24)12(23)6-30-31(27,28)29/h3-4,11-12,14,22-24,27-29,31H,5-6H2,1-2H3,(H,20,25,26)/t11-,12+,14-/m1/s1. The first-order chi connectivity index (χ1) is 14.4. The second kappa shape index (κ2) is 8.65. The monoisotopic (exact) mass is 458 g/mol. The molecule has 0 aromatic heterocycles. The molecule has 170 valence electrons. The maximum absolute atomic E-state index is 12.2. The summed E-state index contributed by atoms with van der Waals surface area (Å²) in [4.78, 5) is 60.6. The average molecular weight is 458 g/mol. The molecule has 0 radical (unpaired) electrons. The van der Waals surface area contributed by atoms with Crippen LogP contribution in [0.4, 0.5) is 0 Å². The second-order valence-electron chi connectivity index (χ2n) is 7.20. The number of nitrogens with one attached hydrogen (secondary N) is 1. The summed E-state index contributed by atoms with van der Waals surface area (Å²) >= 11 is 0. The normalized spacial score (nSPS) is 15.9. The fourth-order valence-electron chi connectivity index (χ4n) is 3.08. The molecule has 13 nitrogen and oxygen atoms in total. The van der Waals surface area contributed by atoms with Gasteiger partial charge in [0.05, 0.1) is 0 Å². The molecule has 0 spiro atoms. The number of rotatable bonds is 7. The van der Waals surface area contributed by atoms with E-state index in [1.807, 2.05) is 18.8 Å². The van der Waals surface area contributed by atoms with Gasteiger partial charge in [0, 0.05) is 0 Å². The van der Waals surface area contributed by atoms with Crippen molar-refractivity contribution in [3.8, 4) is 11.5 Å². The quantitative estimate of drug-likeness (QED) is 0.148. The van der Waals surface area contributed by atoms with Gasteiger partial charge in [0.1, 0.15) is 0 Å². The first-order valence-corrected chi connectivity index (χ1v) is 10.9. The number of aromatic amines is 1. The van der Waals surface area contributed by atoms with Crippen molar-refractivity contribution in [3.63, 3.8) is 0 Å². The van der Waals surface area contributed by atoms with Gasteiger partial charge >= 0.3 is 174 Å². The van der Waals surface area contributed by atoms with Crippen LogP contribution in [0.15, 0.2) is 21.7 Å². The van der Waals surface area contributed by atoms with E-state index in [-0.39, 0.29) is 11.5 Å². The topological polar surface area (TPSA) is 211 Å². The van der Waals surface area contributed by atoms with Crippen molar-refractivity contribution in [1.29, 1.82) is 0 Å². The van der Waals surface area contributed by atoms with Crippen LogP contribution in [0.3, 0.4) is 0 Å². The van der Waals surface area contributed by atoms with Crippen LogP contribution >= 0.6 is 8.17 Å². The first kappa shape index (κ1) is 23.3. The molecule has 1 aromatic rings. The van der Waals surface area contributed by atoms with Crippen LogP contribution in [-0.4, -0.2) is 74.4 Å². The molecular weight excluding hydrogens is 435 g/mol. The number of benzene rings is 1. The van der Waals surface area contributed by atoms with Crippen molar-refractivity contribution in [2.75, 3.05) is 6.61 Å². The number of fused-ring (bicyclic) bond motifs is 2. The van der Waals surface area contributed by atoms with Gasteiger partial charge in [0.2, 0.25) is 0 Å². The zero-order valence-electron chi connectivity index (χ0n) is 16.6. The van der Waals surface area contributed by atoms with Crippen molar-refractivity contribution in [2.24, 2.45) is 0 Å². The Hall–Kier alpha value is -2.35. The summed E-state index contributed by atoms with van der Waals surface area (Å²) < 4.78 is 5.61. The summed E-state index contributed by atoms with van der Waals surface area (Å²) in [5.41, 5.74) is 0.679. The maximum atomic E-state index is 12.2. The summed E-state index contributed by atoms with van der Waals surface area (Å²) in [5.74, 6) is -0.131. The molecule has 0 saturated heterocycles. The Morgan fingerprint density at radius 3 is 2.35 bits per heavy atom. The molecule has 2 aliphatic heterocycles. The van der Waals surface area contributed by atoms with Crippen molar-refractivity contribution in [1.82, 2.24) is 19.5 Å². The van der Waals surface area contributed by atoms with Crippen LogP contribution in [0.25, 0.3) is 22.6 Å². The Balaban J connectivity index is 2.06. The molecule has 0 amide bonds. The van der Waals surface area contributed by atoms with E-state index in [1.165, 1.54) is 4.57 Å². The van der Waals surface area contributed by atoms with Crippen LogP contribution in [0.2, 0.25) is 0 Å². The molecule has 31 heavy (non-hydrogen) atoms. The van der Waals surface area contributed by atoms with E-state index in [9.17, 15) is 24.9 Å². The number of aryl methyl sites for hydroxylation is 2. The van der Waals surface area contributed by atoms with Gasteiger partial charge in [-0.2, -0.15) is 0 Å². The molecule has 14 heteroatoms. The molecule has 3 rings (SSSR count). The summed E-state index contributed by atoms with van der Waals surface area (Å²) in [6, 6.07) is 3.43. The SMILES string of the molecule is Cc1cc2nc3c(=O)[nH]c(=O)nc-3n(C[C@@H](O)[C@@H](O)[C@@H](O)CO[PH](O)(O)O)c2cc1C. The third-order valence-corrected chi connectivity index (χ3v) is 5.38. The number of hydrogen-bond donors (Lipinski definition) is 7. The molecule has 0 saturated carbocycles. The first-order valence-electron chi connectivity index (χ1n) is 9.14. The zero-order chi connectivity index (χ0) is 23.1. The molecule has 0 unspecified atom stereocenters. The van der Waals surface area contributed by atoms with Gasteiger partial charge in [-0.05, 0) is 0 Å². The second-order valence-corrected chi connectivity index (χ2v) is 8.64. The van der Waals surface area contributed by atoms with Crippen LogP contribution in [0, 0.1) is 13.8 Å². The Bertz CT molecular complexity index is 1190. The molecule has 7 N–H and O–H groups in total. The fraction of sp³-hybridized carbons (Fsp3) is 0.412. The van der Waals surface area contributed by atoms with E-state index >= 15 is 0 Å². The van der Waals surface area contributed by atoms with Crippen LogP contribution in [0.1, 0.15) is 11.1 Å². The zero-order valence-corrected chi connectivity index (χ0v) is 17.6.